The SMILES string of the molecule is N#CCCCc1c2nc(c(-c3ccccc3)c3cc(CCCC#N)c([nH]3)c(CCCC#N)c3nc(c(CCCC#N)c4ccc1[nH]4)C=C3)C=C2. The van der Waals surface area contributed by atoms with Gasteiger partial charge in [0.25, 0.3) is 0 Å². The average Bonchev–Trinajstić information content (AvgIpc) is 3.97. The molecule has 6 rings (SSSR count). The van der Waals surface area contributed by atoms with Crippen LogP contribution in [0.25, 0.3) is 57.5 Å². The van der Waals surface area contributed by atoms with Crippen molar-refractivity contribution >= 4 is 46.4 Å². The number of nitriles is 4. The molecule has 0 aliphatic carbocycles. The van der Waals surface area contributed by atoms with Crippen LogP contribution in [0.1, 0.15) is 96.4 Å². The molecule has 2 N–H and O–H groups in total. The summed E-state index contributed by atoms with van der Waals surface area (Å²) >= 11 is 0. The summed E-state index contributed by atoms with van der Waals surface area (Å²) < 4.78 is 0. The highest BCUT2D eigenvalue weighted by Crippen LogP contribution is 2.34. The summed E-state index contributed by atoms with van der Waals surface area (Å²) in [5, 5.41) is 37.5. The first-order chi connectivity index (χ1) is 24.6. The topological polar surface area (TPSA) is 153 Å². The lowest BCUT2D eigenvalue weighted by molar-refractivity contribution is 0.837. The van der Waals surface area contributed by atoms with Crippen molar-refractivity contribution in [2.75, 3.05) is 0 Å². The molecule has 0 unspecified atom stereocenters. The number of aromatic nitrogens is 4. The molecule has 50 heavy (non-hydrogen) atoms. The van der Waals surface area contributed by atoms with Crippen LogP contribution in [-0.4, -0.2) is 19.9 Å². The molecule has 0 fully saturated rings. The van der Waals surface area contributed by atoms with Crippen molar-refractivity contribution in [1.29, 1.82) is 21.0 Å². The predicted octanol–water partition coefficient (Wildman–Crippen LogP) is 9.71. The third-order valence-electron chi connectivity index (χ3n) is 9.21. The fraction of sp³-hybridized carbons (Fsp3) is 0.286. The van der Waals surface area contributed by atoms with Crippen LogP contribution >= 0.6 is 0 Å². The molecule has 0 spiro atoms. The molecule has 5 heterocycles. The lowest BCUT2D eigenvalue weighted by atomic mass is 10.0. The first-order valence-electron chi connectivity index (χ1n) is 17.3. The second-order valence-corrected chi connectivity index (χ2v) is 12.5. The minimum Gasteiger partial charge on any atom is -0.355 e. The maximum atomic E-state index is 9.45. The first-order valence-corrected chi connectivity index (χ1v) is 17.3. The van der Waals surface area contributed by atoms with Gasteiger partial charge in [0.15, 0.2) is 0 Å². The van der Waals surface area contributed by atoms with Crippen molar-refractivity contribution in [2.24, 2.45) is 0 Å². The van der Waals surface area contributed by atoms with Crippen LogP contribution < -0.4 is 0 Å². The van der Waals surface area contributed by atoms with Crippen LogP contribution in [0, 0.1) is 45.3 Å². The van der Waals surface area contributed by atoms with E-state index in [9.17, 15) is 21.0 Å². The highest BCUT2D eigenvalue weighted by molar-refractivity contribution is 5.93. The summed E-state index contributed by atoms with van der Waals surface area (Å²) in [5.74, 6) is 0. The zero-order valence-electron chi connectivity index (χ0n) is 28.1. The van der Waals surface area contributed by atoms with Crippen LogP contribution in [0.3, 0.4) is 0 Å². The molecule has 0 saturated carbocycles. The highest BCUT2D eigenvalue weighted by atomic mass is 14.8. The molecular formula is C42H38N8. The number of hydrogen-bond donors (Lipinski definition) is 2. The standard InChI is InChI=1S/C42H38N8/c43-24-8-4-14-30-28-40-41(29-12-2-1-3-13-29)39-23-22-37(49-39)32(16-6-10-26-45)35-19-18-34(47-35)31(15-5-9-25-44)36-20-21-38(48-36)33(42(30)50-40)17-7-11-27-46/h1-3,12-13,18-23,28,47,50H,4-11,14-17H2. The second-order valence-electron chi connectivity index (χ2n) is 12.5. The smallest absolute Gasteiger partial charge is 0.0737 e. The largest absolute Gasteiger partial charge is 0.355 e. The van der Waals surface area contributed by atoms with Gasteiger partial charge < -0.3 is 9.97 Å². The fourth-order valence-electron chi connectivity index (χ4n) is 6.83. The van der Waals surface area contributed by atoms with E-state index in [1.165, 1.54) is 0 Å². The van der Waals surface area contributed by atoms with Crippen molar-refractivity contribution in [2.45, 2.75) is 77.0 Å². The third-order valence-corrected chi connectivity index (χ3v) is 9.21. The zero-order valence-corrected chi connectivity index (χ0v) is 28.1. The maximum absolute atomic E-state index is 9.45. The molecule has 1 aromatic carbocycles. The van der Waals surface area contributed by atoms with Gasteiger partial charge in [0, 0.05) is 70.0 Å². The van der Waals surface area contributed by atoms with Gasteiger partial charge in [-0.2, -0.15) is 21.0 Å². The molecule has 8 heteroatoms. The van der Waals surface area contributed by atoms with E-state index in [1.807, 2.05) is 18.2 Å². The van der Waals surface area contributed by atoms with E-state index < -0.39 is 0 Å². The van der Waals surface area contributed by atoms with Gasteiger partial charge in [-0.05, 0) is 105 Å². The Labute approximate surface area is 292 Å². The Morgan fingerprint density at radius 3 is 1.54 bits per heavy atom. The Morgan fingerprint density at radius 2 is 0.980 bits per heavy atom. The molecule has 0 amide bonds. The number of nitrogens with zero attached hydrogens (tertiary/aromatic N) is 6. The van der Waals surface area contributed by atoms with Gasteiger partial charge in [-0.15, -0.1) is 0 Å². The van der Waals surface area contributed by atoms with Crippen molar-refractivity contribution in [3.05, 3.63) is 93.6 Å². The van der Waals surface area contributed by atoms with E-state index in [0.29, 0.717) is 70.6 Å². The van der Waals surface area contributed by atoms with Crippen molar-refractivity contribution in [3.63, 3.8) is 0 Å². The Hall–Kier alpha value is -6.22. The van der Waals surface area contributed by atoms with Gasteiger partial charge >= 0.3 is 0 Å². The average molecular weight is 655 g/mol. The number of benzene rings is 1. The summed E-state index contributed by atoms with van der Waals surface area (Å²) in [5.41, 5.74) is 13.4. The molecule has 8 bridgehead atoms. The molecule has 246 valence electrons. The van der Waals surface area contributed by atoms with Crippen molar-refractivity contribution in [1.82, 2.24) is 19.9 Å². The van der Waals surface area contributed by atoms with E-state index >= 15 is 0 Å². The third kappa shape index (κ3) is 7.42. The highest BCUT2D eigenvalue weighted by Gasteiger charge is 2.18. The molecule has 2 aliphatic heterocycles. The quantitative estimate of drug-likeness (QED) is 0.118. The number of aromatic amines is 2. The maximum Gasteiger partial charge on any atom is 0.0737 e. The normalized spacial score (nSPS) is 11.5. The number of aryl methyl sites for hydroxylation is 4. The lowest BCUT2D eigenvalue weighted by Gasteiger charge is -2.06. The van der Waals surface area contributed by atoms with Crippen molar-refractivity contribution < 1.29 is 0 Å². The minimum atomic E-state index is 0.431. The second kappa shape index (κ2) is 16.3. The molecule has 8 nitrogen and oxygen atoms in total. The Morgan fingerprint density at radius 1 is 0.500 bits per heavy atom. The monoisotopic (exact) mass is 654 g/mol. The number of hydrogen-bond acceptors (Lipinski definition) is 6. The van der Waals surface area contributed by atoms with E-state index in [-0.39, 0.29) is 0 Å². The van der Waals surface area contributed by atoms with Gasteiger partial charge in [0.2, 0.25) is 0 Å². The molecule has 0 atom stereocenters. The van der Waals surface area contributed by atoms with E-state index in [4.69, 9.17) is 9.97 Å². The molecule has 2 aliphatic rings. The van der Waals surface area contributed by atoms with Crippen LogP contribution in [0.4, 0.5) is 0 Å². The summed E-state index contributed by atoms with van der Waals surface area (Å²) in [6.07, 6.45) is 15.6. The van der Waals surface area contributed by atoms with Crippen LogP contribution in [0.5, 0.6) is 0 Å². The summed E-state index contributed by atoms with van der Waals surface area (Å²) in [6.45, 7) is 0. The predicted molar refractivity (Wildman–Crippen MR) is 198 cm³/mol. The number of fused-ring (bicyclic) bond motifs is 8. The number of nitrogens with one attached hydrogen (secondary N) is 2. The molecule has 3 aromatic heterocycles. The fourth-order valence-corrected chi connectivity index (χ4v) is 6.83. The molecule has 0 saturated heterocycles. The Bertz CT molecular complexity index is 2270. The van der Waals surface area contributed by atoms with Crippen LogP contribution in [0.2, 0.25) is 0 Å². The zero-order chi connectivity index (χ0) is 34.7. The van der Waals surface area contributed by atoms with Gasteiger partial charge in [-0.1, -0.05) is 30.3 Å². The van der Waals surface area contributed by atoms with Gasteiger partial charge in [0.1, 0.15) is 0 Å². The van der Waals surface area contributed by atoms with E-state index in [1.54, 1.807) is 0 Å². The van der Waals surface area contributed by atoms with E-state index in [0.717, 1.165) is 84.6 Å². The lowest BCUT2D eigenvalue weighted by Crippen LogP contribution is -1.96. The van der Waals surface area contributed by atoms with Crippen molar-refractivity contribution in [3.8, 4) is 35.4 Å². The van der Waals surface area contributed by atoms with Gasteiger partial charge in [-0.3, -0.25) is 0 Å². The van der Waals surface area contributed by atoms with E-state index in [2.05, 4.69) is 88.9 Å². The Kier molecular flexibility index (Phi) is 10.9. The molecule has 0 radical (unpaired) electrons. The molecular weight excluding hydrogens is 617 g/mol. The number of H-pyrrole nitrogens is 2. The number of rotatable bonds is 13. The summed E-state index contributed by atoms with van der Waals surface area (Å²) in [6, 6.07) is 25.8. The minimum absolute atomic E-state index is 0.431. The summed E-state index contributed by atoms with van der Waals surface area (Å²) in [7, 11) is 0. The van der Waals surface area contributed by atoms with Crippen LogP contribution in [-0.2, 0) is 25.7 Å². The summed E-state index contributed by atoms with van der Waals surface area (Å²) in [4.78, 5) is 18.0. The number of unbranched alkanes of at least 4 members (excludes halogenated alkanes) is 4. The Balaban J connectivity index is 1.76. The van der Waals surface area contributed by atoms with Gasteiger partial charge in [0.05, 0.1) is 47.1 Å². The molecule has 4 aromatic rings. The first kappa shape index (κ1) is 33.7. The van der Waals surface area contributed by atoms with Gasteiger partial charge in [-0.25, -0.2) is 9.97 Å². The van der Waals surface area contributed by atoms with Crippen LogP contribution in [0.15, 0.2) is 48.5 Å².